The molecule has 0 aromatic heterocycles. The van der Waals surface area contributed by atoms with E-state index >= 15 is 0 Å². The van der Waals surface area contributed by atoms with Gasteiger partial charge in [-0.2, -0.15) is 0 Å². The van der Waals surface area contributed by atoms with E-state index in [0.717, 1.165) is 19.8 Å². The van der Waals surface area contributed by atoms with Crippen LogP contribution in [0.2, 0.25) is 0 Å². The minimum absolute atomic E-state index is 0.236. The van der Waals surface area contributed by atoms with Crippen molar-refractivity contribution in [3.63, 3.8) is 0 Å². The van der Waals surface area contributed by atoms with Crippen LogP contribution >= 0.6 is 12.2 Å². The van der Waals surface area contributed by atoms with E-state index in [1.54, 1.807) is 0 Å². The third kappa shape index (κ3) is 2.92. The van der Waals surface area contributed by atoms with Gasteiger partial charge in [0.2, 0.25) is 0 Å². The van der Waals surface area contributed by atoms with Crippen molar-refractivity contribution in [3.05, 3.63) is 0 Å². The van der Waals surface area contributed by atoms with E-state index in [-0.39, 0.29) is 6.10 Å². The van der Waals surface area contributed by atoms with Gasteiger partial charge in [-0.1, -0.05) is 6.92 Å². The van der Waals surface area contributed by atoms with E-state index < -0.39 is 0 Å². The van der Waals surface area contributed by atoms with Crippen molar-refractivity contribution in [2.75, 3.05) is 19.9 Å². The van der Waals surface area contributed by atoms with E-state index in [9.17, 15) is 5.11 Å². The number of β-amino-alcohol motifs (C(OH)–C–C–N with tert-alkyl or cyclic N) is 1. The van der Waals surface area contributed by atoms with E-state index in [0.29, 0.717) is 11.7 Å². The number of nitrogens with zero attached hydrogens (tertiary/aromatic N) is 1. The van der Waals surface area contributed by atoms with Crippen LogP contribution < -0.4 is 10.6 Å². The van der Waals surface area contributed by atoms with E-state index in [4.69, 9.17) is 12.2 Å². The van der Waals surface area contributed by atoms with Gasteiger partial charge in [-0.3, -0.25) is 4.90 Å². The van der Waals surface area contributed by atoms with E-state index in [1.165, 1.54) is 0 Å². The summed E-state index contributed by atoms with van der Waals surface area (Å²) in [7, 11) is 0. The van der Waals surface area contributed by atoms with Crippen LogP contribution in [-0.2, 0) is 0 Å². The minimum atomic E-state index is -0.236. The van der Waals surface area contributed by atoms with Crippen molar-refractivity contribution in [3.8, 4) is 0 Å². The SMILES string of the molecule is CCC(O)CN1CNC(=S)NC1. The van der Waals surface area contributed by atoms with Crippen LogP contribution in [0.1, 0.15) is 13.3 Å². The van der Waals surface area contributed by atoms with Crippen molar-refractivity contribution < 1.29 is 5.11 Å². The maximum Gasteiger partial charge on any atom is 0.168 e. The summed E-state index contributed by atoms with van der Waals surface area (Å²) in [5, 5.41) is 16.0. The van der Waals surface area contributed by atoms with Crippen molar-refractivity contribution in [2.24, 2.45) is 0 Å². The standard InChI is InChI=1S/C7H15N3OS/c1-2-6(11)3-10-4-8-7(12)9-5-10/h6,11H,2-5H2,1H3,(H2,8,9,12). The molecule has 0 spiro atoms. The molecule has 1 saturated heterocycles. The fraction of sp³-hybridized carbons (Fsp3) is 0.857. The van der Waals surface area contributed by atoms with Crippen molar-refractivity contribution in [1.82, 2.24) is 15.5 Å². The normalized spacial score (nSPS) is 21.3. The lowest BCUT2D eigenvalue weighted by atomic mass is 10.2. The quantitative estimate of drug-likeness (QED) is 0.520. The van der Waals surface area contributed by atoms with Crippen molar-refractivity contribution in [2.45, 2.75) is 19.4 Å². The molecule has 1 aliphatic rings. The second-order valence-electron chi connectivity index (χ2n) is 2.91. The highest BCUT2D eigenvalue weighted by Crippen LogP contribution is 1.96. The van der Waals surface area contributed by atoms with E-state index in [1.807, 2.05) is 6.92 Å². The Morgan fingerprint density at radius 1 is 1.58 bits per heavy atom. The Labute approximate surface area is 77.9 Å². The fourth-order valence-corrected chi connectivity index (χ4v) is 1.17. The zero-order valence-corrected chi connectivity index (χ0v) is 8.02. The van der Waals surface area contributed by atoms with E-state index in [2.05, 4.69) is 15.5 Å². The maximum atomic E-state index is 9.35. The predicted octanol–water partition coefficient (Wildman–Crippen LogP) is -0.548. The molecule has 0 aliphatic carbocycles. The molecule has 0 aromatic rings. The smallest absolute Gasteiger partial charge is 0.168 e. The first-order valence-electron chi connectivity index (χ1n) is 4.14. The van der Waals surface area contributed by atoms with Gasteiger partial charge in [0, 0.05) is 6.54 Å². The number of thiocarbonyl (C=S) groups is 1. The topological polar surface area (TPSA) is 47.5 Å². The molecule has 1 rings (SSSR count). The highest BCUT2D eigenvalue weighted by atomic mass is 32.1. The summed E-state index contributed by atoms with van der Waals surface area (Å²) in [5.74, 6) is 0. The Morgan fingerprint density at radius 3 is 2.67 bits per heavy atom. The summed E-state index contributed by atoms with van der Waals surface area (Å²) < 4.78 is 0. The monoisotopic (exact) mass is 189 g/mol. The van der Waals surface area contributed by atoms with Crippen LogP contribution in [0.5, 0.6) is 0 Å². The first-order valence-corrected chi connectivity index (χ1v) is 4.55. The molecule has 0 radical (unpaired) electrons. The summed E-state index contributed by atoms with van der Waals surface area (Å²) in [6.07, 6.45) is 0.557. The molecule has 0 saturated carbocycles. The Hall–Kier alpha value is -0.390. The number of hydrogen-bond acceptors (Lipinski definition) is 3. The third-order valence-corrected chi connectivity index (χ3v) is 2.16. The zero-order chi connectivity index (χ0) is 8.97. The molecule has 3 N–H and O–H groups in total. The lowest BCUT2D eigenvalue weighted by Gasteiger charge is -2.30. The molecule has 0 amide bonds. The molecule has 4 nitrogen and oxygen atoms in total. The van der Waals surface area contributed by atoms with Gasteiger partial charge in [-0.05, 0) is 18.6 Å². The summed E-state index contributed by atoms with van der Waals surface area (Å²) in [6, 6.07) is 0. The second kappa shape index (κ2) is 4.59. The number of aliphatic hydroxyl groups is 1. The summed E-state index contributed by atoms with van der Waals surface area (Å²) >= 11 is 4.89. The molecule has 1 aliphatic heterocycles. The van der Waals surface area contributed by atoms with Crippen LogP contribution in [0, 0.1) is 0 Å². The molecular formula is C7H15N3OS. The fourth-order valence-electron chi connectivity index (χ4n) is 1.04. The number of nitrogens with one attached hydrogen (secondary N) is 2. The van der Waals surface area contributed by atoms with Crippen LogP contribution in [-0.4, -0.2) is 41.1 Å². The van der Waals surface area contributed by atoms with Crippen molar-refractivity contribution >= 4 is 17.3 Å². The third-order valence-electron chi connectivity index (χ3n) is 1.87. The predicted molar refractivity (Wildman–Crippen MR) is 51.6 cm³/mol. The van der Waals surface area contributed by atoms with Gasteiger partial charge in [0.15, 0.2) is 5.11 Å². The minimum Gasteiger partial charge on any atom is -0.392 e. The van der Waals surface area contributed by atoms with Crippen LogP contribution in [0.15, 0.2) is 0 Å². The molecule has 0 aromatic carbocycles. The molecule has 70 valence electrons. The molecular weight excluding hydrogens is 174 g/mol. The second-order valence-corrected chi connectivity index (χ2v) is 3.32. The Bertz CT molecular complexity index is 155. The van der Waals surface area contributed by atoms with Gasteiger partial charge < -0.3 is 15.7 Å². The summed E-state index contributed by atoms with van der Waals surface area (Å²) in [5.41, 5.74) is 0. The molecule has 1 atom stereocenters. The van der Waals surface area contributed by atoms with Gasteiger partial charge in [-0.15, -0.1) is 0 Å². The maximum absolute atomic E-state index is 9.35. The highest BCUT2D eigenvalue weighted by molar-refractivity contribution is 7.80. The average Bonchev–Trinajstić information content (AvgIpc) is 2.09. The zero-order valence-electron chi connectivity index (χ0n) is 7.21. The van der Waals surface area contributed by atoms with Crippen LogP contribution in [0.25, 0.3) is 0 Å². The number of rotatable bonds is 3. The first-order chi connectivity index (χ1) is 5.72. The molecule has 1 fully saturated rings. The van der Waals surface area contributed by atoms with Gasteiger partial charge in [-0.25, -0.2) is 0 Å². The van der Waals surface area contributed by atoms with Gasteiger partial charge in [0.1, 0.15) is 0 Å². The first kappa shape index (κ1) is 9.70. The van der Waals surface area contributed by atoms with Gasteiger partial charge in [0.05, 0.1) is 19.4 Å². The molecule has 5 heteroatoms. The Balaban J connectivity index is 2.21. The Kier molecular flexibility index (Phi) is 3.71. The molecule has 1 heterocycles. The number of aliphatic hydroxyl groups excluding tert-OH is 1. The van der Waals surface area contributed by atoms with Crippen molar-refractivity contribution in [1.29, 1.82) is 0 Å². The lowest BCUT2D eigenvalue weighted by molar-refractivity contribution is 0.101. The molecule has 1 unspecified atom stereocenters. The van der Waals surface area contributed by atoms with Gasteiger partial charge >= 0.3 is 0 Å². The summed E-state index contributed by atoms with van der Waals surface area (Å²) in [4.78, 5) is 2.07. The number of hydrogen-bond donors (Lipinski definition) is 3. The lowest BCUT2D eigenvalue weighted by Crippen LogP contribution is -2.55. The van der Waals surface area contributed by atoms with Gasteiger partial charge in [0.25, 0.3) is 0 Å². The van der Waals surface area contributed by atoms with Crippen LogP contribution in [0.3, 0.4) is 0 Å². The largest absolute Gasteiger partial charge is 0.392 e. The molecule has 0 bridgehead atoms. The average molecular weight is 189 g/mol. The van der Waals surface area contributed by atoms with Crippen LogP contribution in [0.4, 0.5) is 0 Å². The summed E-state index contributed by atoms with van der Waals surface area (Å²) in [6.45, 7) is 4.12. The highest BCUT2D eigenvalue weighted by Gasteiger charge is 2.13. The molecule has 12 heavy (non-hydrogen) atoms. The Morgan fingerprint density at radius 2 is 2.17 bits per heavy atom.